The van der Waals surface area contributed by atoms with Crippen LogP contribution in [0, 0.1) is 11.3 Å². The normalized spacial score (nSPS) is 28.5. The summed E-state index contributed by atoms with van der Waals surface area (Å²) in [5.41, 5.74) is -3.19. The lowest BCUT2D eigenvalue weighted by Crippen LogP contribution is -2.65. The van der Waals surface area contributed by atoms with E-state index in [9.17, 15) is 34.8 Å². The summed E-state index contributed by atoms with van der Waals surface area (Å²) in [5, 5.41) is 48.8. The second kappa shape index (κ2) is 9.15. The van der Waals surface area contributed by atoms with E-state index in [0.717, 1.165) is 12.5 Å². The molecule has 3 aliphatic rings. The summed E-state index contributed by atoms with van der Waals surface area (Å²) in [4.78, 5) is 46.0. The first kappa shape index (κ1) is 26.8. The Labute approximate surface area is 225 Å². The number of nitrogens with one attached hydrogen (secondary N) is 1. The summed E-state index contributed by atoms with van der Waals surface area (Å²) in [6, 6.07) is 2.14. The number of Topliss-reactive ketones (excluding diaryl/α,β-unsaturated/α-hetero) is 3. The number of fused-ring (bicyclic) bond motifs is 3. The molecule has 39 heavy (non-hydrogen) atoms. The first-order chi connectivity index (χ1) is 18.4. The Balaban J connectivity index is 1.84. The van der Waals surface area contributed by atoms with Crippen molar-refractivity contribution >= 4 is 17.3 Å². The quantitative estimate of drug-likeness (QED) is 0.339. The van der Waals surface area contributed by atoms with Gasteiger partial charge in [0, 0.05) is 42.4 Å². The van der Waals surface area contributed by atoms with Crippen LogP contribution in [0.4, 0.5) is 0 Å². The number of nitrogens with zero attached hydrogens (tertiary/aromatic N) is 3. The highest BCUT2D eigenvalue weighted by molar-refractivity contribution is 6.25. The van der Waals surface area contributed by atoms with E-state index >= 15 is 0 Å². The fourth-order valence-electron chi connectivity index (χ4n) is 6.89. The van der Waals surface area contributed by atoms with E-state index in [1.54, 1.807) is 55.4 Å². The molecule has 0 aliphatic heterocycles. The molecule has 5 N–H and O–H groups in total. The van der Waals surface area contributed by atoms with Crippen molar-refractivity contribution in [3.8, 4) is 5.75 Å². The highest BCUT2D eigenvalue weighted by Gasteiger charge is 2.66. The molecule has 4 atom stereocenters. The minimum atomic E-state index is -2.64. The fraction of sp³-hybridized carbons (Fsp3) is 0.429. The average Bonchev–Trinajstić information content (AvgIpc) is 3.35. The molecule has 0 fully saturated rings. The Hall–Kier alpha value is -3.80. The molecule has 5 rings (SSSR count). The zero-order valence-corrected chi connectivity index (χ0v) is 22.2. The molecule has 206 valence electrons. The van der Waals surface area contributed by atoms with Crippen molar-refractivity contribution in [1.29, 1.82) is 0 Å². The maximum Gasteiger partial charge on any atom is 0.209 e. The predicted molar refractivity (Wildman–Crippen MR) is 139 cm³/mol. The minimum Gasteiger partial charge on any atom is -0.510 e. The topological polar surface area (TPSA) is 165 Å². The third kappa shape index (κ3) is 3.68. The van der Waals surface area contributed by atoms with Gasteiger partial charge in [-0.2, -0.15) is 0 Å². The number of likely N-dealkylation sites (N-methyl/N-ethyl adjacent to an activating group) is 1. The van der Waals surface area contributed by atoms with Crippen molar-refractivity contribution in [3.63, 3.8) is 0 Å². The third-order valence-corrected chi connectivity index (χ3v) is 8.44. The van der Waals surface area contributed by atoms with Crippen LogP contribution in [0.15, 0.2) is 53.5 Å². The van der Waals surface area contributed by atoms with Crippen molar-refractivity contribution < 1.29 is 34.8 Å². The smallest absolute Gasteiger partial charge is 0.209 e. The molecule has 1 aromatic carbocycles. The van der Waals surface area contributed by atoms with Crippen LogP contribution in [0.2, 0.25) is 0 Å². The minimum absolute atomic E-state index is 0.00470. The van der Waals surface area contributed by atoms with Crippen molar-refractivity contribution in [1.82, 2.24) is 19.8 Å². The van der Waals surface area contributed by atoms with Crippen molar-refractivity contribution in [2.24, 2.45) is 11.3 Å². The van der Waals surface area contributed by atoms with Crippen molar-refractivity contribution in [3.05, 3.63) is 70.2 Å². The van der Waals surface area contributed by atoms with E-state index in [0.29, 0.717) is 12.1 Å². The number of imidazole rings is 1. The number of hydrogen-bond donors (Lipinski definition) is 5. The van der Waals surface area contributed by atoms with Crippen LogP contribution in [0.5, 0.6) is 5.75 Å². The molecular weight excluding hydrogens is 504 g/mol. The summed E-state index contributed by atoms with van der Waals surface area (Å²) in [7, 11) is 5.04. The summed E-state index contributed by atoms with van der Waals surface area (Å²) in [6.45, 7) is 1.68. The number of ketones is 3. The van der Waals surface area contributed by atoms with E-state index in [-0.39, 0.29) is 36.3 Å². The molecule has 1 aromatic heterocycles. The van der Waals surface area contributed by atoms with E-state index in [2.05, 4.69) is 10.3 Å². The first-order valence-corrected chi connectivity index (χ1v) is 12.7. The van der Waals surface area contributed by atoms with Gasteiger partial charge in [0.2, 0.25) is 5.78 Å². The van der Waals surface area contributed by atoms with Crippen LogP contribution in [0.3, 0.4) is 0 Å². The number of aliphatic hydroxyl groups is 3. The maximum absolute atomic E-state index is 14.2. The Morgan fingerprint density at radius 2 is 1.95 bits per heavy atom. The molecule has 0 radical (unpaired) electrons. The van der Waals surface area contributed by atoms with Gasteiger partial charge in [-0.15, -0.1) is 0 Å². The van der Waals surface area contributed by atoms with Gasteiger partial charge in [-0.3, -0.25) is 19.3 Å². The number of benzene rings is 1. The zero-order chi connectivity index (χ0) is 28.4. The number of aromatic hydroxyl groups is 1. The van der Waals surface area contributed by atoms with Gasteiger partial charge in [0.15, 0.2) is 17.2 Å². The van der Waals surface area contributed by atoms with Crippen LogP contribution >= 0.6 is 0 Å². The van der Waals surface area contributed by atoms with Gasteiger partial charge in [0.1, 0.15) is 22.8 Å². The van der Waals surface area contributed by atoms with E-state index in [4.69, 9.17) is 0 Å². The third-order valence-electron chi connectivity index (χ3n) is 8.44. The molecule has 0 amide bonds. The Morgan fingerprint density at radius 3 is 2.54 bits per heavy atom. The second-order valence-electron chi connectivity index (χ2n) is 11.0. The van der Waals surface area contributed by atoms with Crippen LogP contribution in [0.25, 0.3) is 0 Å². The number of phenolic OH excluding ortho intramolecular Hbond substituents is 1. The molecule has 0 bridgehead atoms. The van der Waals surface area contributed by atoms with E-state index < -0.39 is 57.4 Å². The molecular formula is C28H32N4O7. The Kier molecular flexibility index (Phi) is 6.28. The van der Waals surface area contributed by atoms with E-state index in [1.165, 1.54) is 6.07 Å². The average molecular weight is 537 g/mol. The van der Waals surface area contributed by atoms with Gasteiger partial charge in [0.25, 0.3) is 0 Å². The second-order valence-corrected chi connectivity index (χ2v) is 11.0. The highest BCUT2D eigenvalue weighted by Crippen LogP contribution is 2.58. The number of carbonyl (C=O) groups excluding carboxylic acids is 3. The summed E-state index contributed by atoms with van der Waals surface area (Å²) < 4.78 is 1.75. The van der Waals surface area contributed by atoms with E-state index in [1.807, 2.05) is 0 Å². The van der Waals surface area contributed by atoms with Gasteiger partial charge >= 0.3 is 0 Å². The molecule has 0 saturated carbocycles. The summed E-state index contributed by atoms with van der Waals surface area (Å²) in [6.07, 6.45) is 5.06. The molecule has 0 unspecified atom stereocenters. The molecule has 11 nitrogen and oxygen atoms in total. The lowest BCUT2D eigenvalue weighted by Gasteiger charge is -2.54. The SMILES string of the molecule is CNCc1ccc(O)c2c1C[C@@]1(Cn3ccnc3)C[C@H]3[C@H](N(C)C)C(O)=C(C(C)=O)C(=O)[C@@]3(O)C(O)=C1C2=O. The van der Waals surface area contributed by atoms with Crippen LogP contribution in [-0.4, -0.2) is 85.0 Å². The van der Waals surface area contributed by atoms with Gasteiger partial charge < -0.3 is 30.3 Å². The Morgan fingerprint density at radius 1 is 1.23 bits per heavy atom. The zero-order valence-electron chi connectivity index (χ0n) is 22.2. The lowest BCUT2D eigenvalue weighted by atomic mass is 9.52. The molecule has 1 heterocycles. The standard InChI is InChI=1S/C28H32N4O7/c1-14(33)19-24(36)22(31(3)4)17-10-27(12-32-8-7-30-13-32)9-16-15(11-29-2)5-6-18(34)20(16)23(35)21(27)26(38)28(17,39)25(19)37/h5-8,13,17,22,29,34,36,38-39H,9-12H2,1-4H3/t17-,22-,27-,28+/m0/s1. The number of aromatic nitrogens is 2. The van der Waals surface area contributed by atoms with Gasteiger partial charge in [-0.1, -0.05) is 6.07 Å². The number of phenols is 1. The molecule has 0 saturated heterocycles. The van der Waals surface area contributed by atoms with Crippen molar-refractivity contribution in [2.45, 2.75) is 44.5 Å². The predicted octanol–water partition coefficient (Wildman–Crippen LogP) is 1.21. The fourth-order valence-corrected chi connectivity index (χ4v) is 6.89. The Bertz CT molecular complexity index is 1460. The van der Waals surface area contributed by atoms with Crippen LogP contribution in [-0.2, 0) is 29.1 Å². The molecule has 11 heteroatoms. The summed E-state index contributed by atoms with van der Waals surface area (Å²) in [5.74, 6) is -5.32. The number of hydrogen-bond acceptors (Lipinski definition) is 10. The van der Waals surface area contributed by atoms with Gasteiger partial charge in [-0.25, -0.2) is 4.98 Å². The molecule has 2 aromatic rings. The van der Waals surface area contributed by atoms with Gasteiger partial charge in [0.05, 0.1) is 17.9 Å². The largest absolute Gasteiger partial charge is 0.510 e. The number of carbonyl (C=O) groups is 3. The maximum atomic E-state index is 14.2. The number of rotatable bonds is 6. The molecule has 0 spiro atoms. The van der Waals surface area contributed by atoms with Crippen molar-refractivity contribution in [2.75, 3.05) is 21.1 Å². The monoisotopic (exact) mass is 536 g/mol. The first-order valence-electron chi connectivity index (χ1n) is 12.7. The summed E-state index contributed by atoms with van der Waals surface area (Å²) >= 11 is 0. The van der Waals surface area contributed by atoms with Gasteiger partial charge in [-0.05, 0) is 58.1 Å². The lowest BCUT2D eigenvalue weighted by molar-refractivity contribution is -0.150. The number of aliphatic hydroxyl groups excluding tert-OH is 2. The number of allylic oxidation sites excluding steroid dienone is 1. The molecule has 3 aliphatic carbocycles. The van der Waals surface area contributed by atoms with Crippen LogP contribution in [0.1, 0.15) is 34.8 Å². The van der Waals surface area contributed by atoms with Crippen LogP contribution < -0.4 is 5.32 Å². The highest BCUT2D eigenvalue weighted by atomic mass is 16.3.